The number of ether oxygens (including phenoxy) is 1. The molecule has 0 fully saturated rings. The second-order valence-electron chi connectivity index (χ2n) is 6.21. The van der Waals surface area contributed by atoms with Gasteiger partial charge in [-0.25, -0.2) is 4.79 Å². The molecule has 0 unspecified atom stereocenters. The number of rotatable bonds is 2. The second kappa shape index (κ2) is 6.68. The van der Waals surface area contributed by atoms with Crippen LogP contribution in [-0.4, -0.2) is 47.2 Å². The number of hydrogen-bond acceptors (Lipinski definition) is 5. The molecule has 120 valence electrons. The quantitative estimate of drug-likeness (QED) is 0.878. The van der Waals surface area contributed by atoms with Gasteiger partial charge in [-0.1, -0.05) is 18.2 Å². The van der Waals surface area contributed by atoms with Gasteiger partial charge in [0.25, 0.3) is 0 Å². The van der Waals surface area contributed by atoms with Gasteiger partial charge in [-0.3, -0.25) is 9.89 Å². The van der Waals surface area contributed by atoms with E-state index in [9.17, 15) is 9.90 Å². The lowest BCUT2D eigenvalue weighted by Gasteiger charge is -2.30. The fourth-order valence-electron chi connectivity index (χ4n) is 2.07. The van der Waals surface area contributed by atoms with E-state index >= 15 is 0 Å². The molecular weight excluding hydrogens is 282 g/mol. The van der Waals surface area contributed by atoms with Gasteiger partial charge in [-0.05, 0) is 26.8 Å². The highest BCUT2D eigenvalue weighted by molar-refractivity contribution is 5.87. The highest BCUT2D eigenvalue weighted by atomic mass is 16.6. The molecule has 6 nitrogen and oxygen atoms in total. The molecular formula is C16H23N3O3. The fraction of sp³-hybridized carbons (Fsp3) is 0.500. The number of phenolic OH excluding ortho intramolecular Hbond substituents is 1. The maximum Gasteiger partial charge on any atom is 0.410 e. The van der Waals surface area contributed by atoms with Gasteiger partial charge in [0.05, 0.1) is 13.1 Å². The lowest BCUT2D eigenvalue weighted by atomic mass is 10.2. The summed E-state index contributed by atoms with van der Waals surface area (Å²) in [6.45, 7) is 7.50. The van der Waals surface area contributed by atoms with E-state index in [0.717, 1.165) is 11.4 Å². The molecule has 2 N–H and O–H groups in total. The van der Waals surface area contributed by atoms with Crippen LogP contribution in [-0.2, 0) is 11.3 Å². The van der Waals surface area contributed by atoms with E-state index in [1.54, 1.807) is 17.0 Å². The molecule has 22 heavy (non-hydrogen) atoms. The van der Waals surface area contributed by atoms with Crippen LogP contribution in [0.4, 0.5) is 4.79 Å². The van der Waals surface area contributed by atoms with E-state index in [1.165, 1.54) is 0 Å². The molecule has 0 aromatic heterocycles. The van der Waals surface area contributed by atoms with Crippen LogP contribution in [0.25, 0.3) is 0 Å². The minimum Gasteiger partial charge on any atom is -0.508 e. The fourth-order valence-corrected chi connectivity index (χ4v) is 2.07. The molecule has 0 bridgehead atoms. The van der Waals surface area contributed by atoms with Crippen molar-refractivity contribution >= 4 is 11.9 Å². The Balaban J connectivity index is 1.90. The molecule has 6 heteroatoms. The zero-order valence-electron chi connectivity index (χ0n) is 13.3. The summed E-state index contributed by atoms with van der Waals surface area (Å²) in [7, 11) is 0. The summed E-state index contributed by atoms with van der Waals surface area (Å²) in [4.78, 5) is 18.1. The smallest absolute Gasteiger partial charge is 0.410 e. The highest BCUT2D eigenvalue weighted by Crippen LogP contribution is 2.15. The third kappa shape index (κ3) is 4.65. The van der Waals surface area contributed by atoms with Gasteiger partial charge in [0.1, 0.15) is 17.2 Å². The molecule has 0 aliphatic carbocycles. The molecule has 1 heterocycles. The molecule has 1 aromatic carbocycles. The lowest BCUT2D eigenvalue weighted by Crippen LogP contribution is -2.47. The van der Waals surface area contributed by atoms with Crippen molar-refractivity contribution in [3.8, 4) is 5.75 Å². The SMILES string of the molecule is CC(C)(C)OC(=O)N1CCN=C(NCc2ccccc2O)C1. The van der Waals surface area contributed by atoms with Gasteiger partial charge in [0, 0.05) is 18.7 Å². The summed E-state index contributed by atoms with van der Waals surface area (Å²) < 4.78 is 5.37. The van der Waals surface area contributed by atoms with Crippen molar-refractivity contribution in [1.29, 1.82) is 0 Å². The summed E-state index contributed by atoms with van der Waals surface area (Å²) in [6.07, 6.45) is -0.329. The summed E-state index contributed by atoms with van der Waals surface area (Å²) in [5, 5.41) is 12.9. The minimum atomic E-state index is -0.505. The normalized spacial score (nSPS) is 15.2. The molecule has 0 spiro atoms. The highest BCUT2D eigenvalue weighted by Gasteiger charge is 2.24. The summed E-state index contributed by atoms with van der Waals surface area (Å²) in [6, 6.07) is 7.14. The average molecular weight is 305 g/mol. The Labute approximate surface area is 130 Å². The van der Waals surface area contributed by atoms with E-state index in [4.69, 9.17) is 4.74 Å². The number of carbonyl (C=O) groups is 1. The number of phenols is 1. The predicted octanol–water partition coefficient (Wildman–Crippen LogP) is 2.13. The van der Waals surface area contributed by atoms with Crippen molar-refractivity contribution < 1.29 is 14.6 Å². The standard InChI is InChI=1S/C16H23N3O3/c1-16(2,3)22-15(21)19-9-8-17-14(11-19)18-10-12-6-4-5-7-13(12)20/h4-7,20H,8-11H2,1-3H3,(H,17,18). The molecule has 1 aromatic rings. The first kappa shape index (κ1) is 16.1. The maximum absolute atomic E-state index is 12.1. The molecule has 0 saturated heterocycles. The second-order valence-corrected chi connectivity index (χ2v) is 6.21. The lowest BCUT2D eigenvalue weighted by molar-refractivity contribution is 0.0276. The molecule has 1 aliphatic heterocycles. The van der Waals surface area contributed by atoms with Crippen molar-refractivity contribution in [2.24, 2.45) is 4.99 Å². The van der Waals surface area contributed by atoms with Gasteiger partial charge >= 0.3 is 6.09 Å². The number of hydrogen-bond donors (Lipinski definition) is 2. The Morgan fingerprint density at radius 1 is 1.41 bits per heavy atom. The maximum atomic E-state index is 12.1. The van der Waals surface area contributed by atoms with Crippen molar-refractivity contribution in [2.75, 3.05) is 19.6 Å². The Bertz CT molecular complexity index is 564. The average Bonchev–Trinajstić information content (AvgIpc) is 2.45. The zero-order chi connectivity index (χ0) is 16.2. The number of para-hydroxylation sites is 1. The Morgan fingerprint density at radius 2 is 2.14 bits per heavy atom. The van der Waals surface area contributed by atoms with Crippen LogP contribution in [0.5, 0.6) is 5.75 Å². The Hall–Kier alpha value is -2.24. The predicted molar refractivity (Wildman–Crippen MR) is 85.1 cm³/mol. The molecule has 0 radical (unpaired) electrons. The van der Waals surface area contributed by atoms with Gasteiger partial charge in [0.2, 0.25) is 0 Å². The van der Waals surface area contributed by atoms with Crippen molar-refractivity contribution in [3.05, 3.63) is 29.8 Å². The van der Waals surface area contributed by atoms with Crippen molar-refractivity contribution in [3.63, 3.8) is 0 Å². The van der Waals surface area contributed by atoms with Crippen LogP contribution in [0.15, 0.2) is 29.3 Å². The van der Waals surface area contributed by atoms with Crippen LogP contribution in [0.2, 0.25) is 0 Å². The molecule has 0 saturated carbocycles. The van der Waals surface area contributed by atoms with E-state index in [0.29, 0.717) is 26.2 Å². The van der Waals surface area contributed by atoms with Crippen LogP contribution in [0.1, 0.15) is 26.3 Å². The number of amides is 1. The van der Waals surface area contributed by atoms with E-state index in [-0.39, 0.29) is 11.8 Å². The van der Waals surface area contributed by atoms with E-state index in [1.807, 2.05) is 32.9 Å². The Morgan fingerprint density at radius 3 is 2.82 bits per heavy atom. The van der Waals surface area contributed by atoms with E-state index in [2.05, 4.69) is 10.3 Å². The molecule has 0 atom stereocenters. The Kier molecular flexibility index (Phi) is 4.90. The largest absolute Gasteiger partial charge is 0.508 e. The third-order valence-corrected chi connectivity index (χ3v) is 3.14. The monoisotopic (exact) mass is 305 g/mol. The first-order valence-electron chi connectivity index (χ1n) is 7.37. The number of carbonyl (C=O) groups excluding carboxylic acids is 1. The van der Waals surface area contributed by atoms with E-state index < -0.39 is 5.60 Å². The van der Waals surface area contributed by atoms with Crippen LogP contribution in [0, 0.1) is 0 Å². The third-order valence-electron chi connectivity index (χ3n) is 3.14. The summed E-state index contributed by atoms with van der Waals surface area (Å²) >= 11 is 0. The number of benzene rings is 1. The van der Waals surface area contributed by atoms with Gasteiger partial charge in [-0.15, -0.1) is 0 Å². The molecule has 1 aliphatic rings. The van der Waals surface area contributed by atoms with Crippen LogP contribution < -0.4 is 5.32 Å². The zero-order valence-corrected chi connectivity index (χ0v) is 13.3. The van der Waals surface area contributed by atoms with Gasteiger partial charge in [0.15, 0.2) is 0 Å². The number of nitrogens with one attached hydrogen (secondary N) is 1. The summed E-state index contributed by atoms with van der Waals surface area (Å²) in [5.41, 5.74) is 0.286. The van der Waals surface area contributed by atoms with Crippen molar-refractivity contribution in [2.45, 2.75) is 32.9 Å². The number of nitrogens with zero attached hydrogens (tertiary/aromatic N) is 2. The molecule has 1 amide bonds. The van der Waals surface area contributed by atoms with Crippen LogP contribution in [0.3, 0.4) is 0 Å². The summed E-state index contributed by atoms with van der Waals surface area (Å²) in [5.74, 6) is 0.968. The number of aromatic hydroxyl groups is 1. The number of aliphatic imine (C=N–C) groups is 1. The van der Waals surface area contributed by atoms with Crippen LogP contribution >= 0.6 is 0 Å². The first-order valence-corrected chi connectivity index (χ1v) is 7.37. The minimum absolute atomic E-state index is 0.246. The number of amidine groups is 1. The first-order chi connectivity index (χ1) is 10.3. The topological polar surface area (TPSA) is 74.2 Å². The van der Waals surface area contributed by atoms with Gasteiger partial charge in [-0.2, -0.15) is 0 Å². The molecule has 2 rings (SSSR count). The van der Waals surface area contributed by atoms with Crippen molar-refractivity contribution in [1.82, 2.24) is 10.2 Å². The van der Waals surface area contributed by atoms with Gasteiger partial charge < -0.3 is 15.2 Å².